The Morgan fingerprint density at radius 2 is 2.18 bits per heavy atom. The van der Waals surface area contributed by atoms with Crippen LogP contribution in [0.4, 0.5) is 0 Å². The summed E-state index contributed by atoms with van der Waals surface area (Å²) in [7, 11) is 0. The molecule has 2 aromatic heterocycles. The van der Waals surface area contributed by atoms with Crippen molar-refractivity contribution in [1.29, 1.82) is 0 Å². The second-order valence-electron chi connectivity index (χ2n) is 7.53. The molecule has 2 aromatic rings. The van der Waals surface area contributed by atoms with E-state index in [4.69, 9.17) is 9.47 Å². The molecule has 28 heavy (non-hydrogen) atoms. The van der Waals surface area contributed by atoms with Crippen LogP contribution in [0.3, 0.4) is 0 Å². The summed E-state index contributed by atoms with van der Waals surface area (Å²) in [6, 6.07) is 2.46. The van der Waals surface area contributed by atoms with Gasteiger partial charge in [-0.3, -0.25) is 9.48 Å². The van der Waals surface area contributed by atoms with Gasteiger partial charge in [-0.1, -0.05) is 0 Å². The molecule has 0 spiro atoms. The van der Waals surface area contributed by atoms with Gasteiger partial charge < -0.3 is 14.8 Å². The van der Waals surface area contributed by atoms with Crippen LogP contribution in [-0.4, -0.2) is 57.6 Å². The summed E-state index contributed by atoms with van der Waals surface area (Å²) < 4.78 is 13.0. The van der Waals surface area contributed by atoms with Gasteiger partial charge in [0.05, 0.1) is 30.6 Å². The highest BCUT2D eigenvalue weighted by Gasteiger charge is 2.24. The molecule has 8 nitrogen and oxygen atoms in total. The molecule has 1 saturated carbocycles. The van der Waals surface area contributed by atoms with Gasteiger partial charge in [-0.15, -0.1) is 0 Å². The molecule has 1 N–H and O–H groups in total. The van der Waals surface area contributed by atoms with E-state index < -0.39 is 0 Å². The van der Waals surface area contributed by atoms with E-state index in [1.807, 2.05) is 23.1 Å². The molecule has 8 heteroatoms. The van der Waals surface area contributed by atoms with Crippen molar-refractivity contribution < 1.29 is 14.3 Å². The molecule has 1 aliphatic heterocycles. The van der Waals surface area contributed by atoms with Crippen molar-refractivity contribution in [1.82, 2.24) is 25.1 Å². The second kappa shape index (κ2) is 9.25. The quantitative estimate of drug-likeness (QED) is 0.785. The third-order valence-electron chi connectivity index (χ3n) is 5.48. The number of nitrogens with zero attached hydrogens (tertiary/aromatic N) is 4. The highest BCUT2D eigenvalue weighted by Crippen LogP contribution is 2.29. The van der Waals surface area contributed by atoms with E-state index in [1.165, 1.54) is 0 Å². The van der Waals surface area contributed by atoms with Gasteiger partial charge in [-0.05, 0) is 44.6 Å². The maximum Gasteiger partial charge on any atom is 0.246 e. The molecule has 0 aromatic carbocycles. The molecule has 1 aliphatic carbocycles. The van der Waals surface area contributed by atoms with Crippen molar-refractivity contribution in [2.75, 3.05) is 19.8 Å². The predicted molar refractivity (Wildman–Crippen MR) is 102 cm³/mol. The molecule has 1 amide bonds. The van der Waals surface area contributed by atoms with Gasteiger partial charge in [-0.2, -0.15) is 5.10 Å². The van der Waals surface area contributed by atoms with Gasteiger partial charge in [0.15, 0.2) is 0 Å². The molecular weight excluding hydrogens is 358 g/mol. The number of rotatable bonds is 7. The monoisotopic (exact) mass is 385 g/mol. The van der Waals surface area contributed by atoms with E-state index in [9.17, 15) is 4.79 Å². The Bertz CT molecular complexity index is 752. The third-order valence-corrected chi connectivity index (χ3v) is 5.48. The average Bonchev–Trinajstić information content (AvgIpc) is 3.42. The minimum Gasteiger partial charge on any atom is -0.376 e. The van der Waals surface area contributed by atoms with Crippen LogP contribution in [0.2, 0.25) is 0 Å². The van der Waals surface area contributed by atoms with Crippen molar-refractivity contribution in [3.8, 4) is 11.3 Å². The van der Waals surface area contributed by atoms with E-state index >= 15 is 0 Å². The minimum absolute atomic E-state index is 0.0356. The number of hydrogen-bond acceptors (Lipinski definition) is 6. The molecule has 0 radical (unpaired) electrons. The van der Waals surface area contributed by atoms with Crippen LogP contribution < -0.4 is 5.32 Å². The van der Waals surface area contributed by atoms with Crippen molar-refractivity contribution in [2.45, 2.75) is 56.7 Å². The number of carbonyl (C=O) groups is 1. The Kier molecular flexibility index (Phi) is 6.28. The van der Waals surface area contributed by atoms with Gasteiger partial charge in [0.2, 0.25) is 5.91 Å². The van der Waals surface area contributed by atoms with Crippen molar-refractivity contribution >= 4 is 5.91 Å². The first-order valence-electron chi connectivity index (χ1n) is 10.1. The number of ether oxygens (including phenoxy) is 2. The van der Waals surface area contributed by atoms with Crippen molar-refractivity contribution in [2.24, 2.45) is 0 Å². The zero-order valence-electron chi connectivity index (χ0n) is 16.0. The molecule has 4 rings (SSSR count). The molecular formula is C20H27N5O3. The Hall–Kier alpha value is -2.32. The standard InChI is InChI=1S/C20H27N5O3/c26-20(13-27-12-18-2-1-9-28-18)24-16-3-5-17(6-4-16)25-11-15(10-23-25)19-7-8-21-14-22-19/h7-8,10-11,14,16-18H,1-6,9,12-13H2,(H,24,26). The lowest BCUT2D eigenvalue weighted by Crippen LogP contribution is -2.40. The van der Waals surface area contributed by atoms with E-state index in [2.05, 4.69) is 20.4 Å². The smallest absolute Gasteiger partial charge is 0.246 e. The molecule has 3 heterocycles. The summed E-state index contributed by atoms with van der Waals surface area (Å²) in [5.74, 6) is -0.0356. The van der Waals surface area contributed by atoms with Crippen molar-refractivity contribution in [3.63, 3.8) is 0 Å². The van der Waals surface area contributed by atoms with E-state index in [0.717, 1.165) is 56.4 Å². The van der Waals surface area contributed by atoms with E-state index in [-0.39, 0.29) is 24.7 Å². The Labute approximate surface area is 164 Å². The summed E-state index contributed by atoms with van der Waals surface area (Å²) in [5, 5.41) is 7.61. The second-order valence-corrected chi connectivity index (χ2v) is 7.53. The molecule has 1 unspecified atom stereocenters. The average molecular weight is 385 g/mol. The van der Waals surface area contributed by atoms with Crippen LogP contribution in [0.15, 0.2) is 31.0 Å². The van der Waals surface area contributed by atoms with Crippen LogP contribution in [0.25, 0.3) is 11.3 Å². The fourth-order valence-corrected chi connectivity index (χ4v) is 3.94. The first-order chi connectivity index (χ1) is 13.8. The first-order valence-corrected chi connectivity index (χ1v) is 10.1. The molecule has 1 saturated heterocycles. The first kappa shape index (κ1) is 19.0. The molecule has 2 aliphatic rings. The molecule has 0 bridgehead atoms. The summed E-state index contributed by atoms with van der Waals surface area (Å²) in [6.45, 7) is 1.43. The summed E-state index contributed by atoms with van der Waals surface area (Å²) in [5.41, 5.74) is 1.88. The fourth-order valence-electron chi connectivity index (χ4n) is 3.94. The lowest BCUT2D eigenvalue weighted by Gasteiger charge is -2.29. The maximum absolute atomic E-state index is 12.1. The van der Waals surface area contributed by atoms with Gasteiger partial charge in [0, 0.05) is 30.6 Å². The van der Waals surface area contributed by atoms with Crippen LogP contribution in [0.5, 0.6) is 0 Å². The Morgan fingerprint density at radius 1 is 1.29 bits per heavy atom. The van der Waals surface area contributed by atoms with Crippen molar-refractivity contribution in [3.05, 3.63) is 31.0 Å². The van der Waals surface area contributed by atoms with E-state index in [1.54, 1.807) is 12.5 Å². The normalized spacial score (nSPS) is 24.9. The van der Waals surface area contributed by atoms with Crippen LogP contribution >= 0.6 is 0 Å². The van der Waals surface area contributed by atoms with Crippen LogP contribution in [-0.2, 0) is 14.3 Å². The largest absolute Gasteiger partial charge is 0.376 e. The SMILES string of the molecule is O=C(COCC1CCCO1)NC1CCC(n2cc(-c3ccncn3)cn2)CC1. The number of aromatic nitrogens is 4. The third kappa shape index (κ3) is 4.94. The number of carbonyl (C=O) groups excluding carboxylic acids is 1. The predicted octanol–water partition coefficient (Wildman–Crippen LogP) is 2.14. The maximum atomic E-state index is 12.1. The van der Waals surface area contributed by atoms with Gasteiger partial charge >= 0.3 is 0 Å². The number of hydrogen-bond donors (Lipinski definition) is 1. The lowest BCUT2D eigenvalue weighted by molar-refractivity contribution is -0.127. The zero-order chi connectivity index (χ0) is 19.2. The number of amides is 1. The summed E-state index contributed by atoms with van der Waals surface area (Å²) >= 11 is 0. The van der Waals surface area contributed by atoms with Crippen LogP contribution in [0, 0.1) is 0 Å². The zero-order valence-corrected chi connectivity index (χ0v) is 16.0. The summed E-state index contributed by atoms with van der Waals surface area (Å²) in [4.78, 5) is 20.3. The van der Waals surface area contributed by atoms with Gasteiger partial charge in [0.25, 0.3) is 0 Å². The van der Waals surface area contributed by atoms with Gasteiger partial charge in [0.1, 0.15) is 12.9 Å². The van der Waals surface area contributed by atoms with E-state index in [0.29, 0.717) is 12.6 Å². The Morgan fingerprint density at radius 3 is 2.93 bits per heavy atom. The topological polar surface area (TPSA) is 91.2 Å². The lowest BCUT2D eigenvalue weighted by atomic mass is 9.91. The highest BCUT2D eigenvalue weighted by molar-refractivity contribution is 5.77. The summed E-state index contributed by atoms with van der Waals surface area (Å²) in [6.07, 6.45) is 13.3. The molecule has 150 valence electrons. The fraction of sp³-hybridized carbons (Fsp3) is 0.600. The van der Waals surface area contributed by atoms with Gasteiger partial charge in [-0.25, -0.2) is 9.97 Å². The number of nitrogens with one attached hydrogen (secondary N) is 1. The molecule has 1 atom stereocenters. The highest BCUT2D eigenvalue weighted by atomic mass is 16.5. The minimum atomic E-state index is -0.0356. The molecule has 2 fully saturated rings. The Balaban J connectivity index is 1.19. The van der Waals surface area contributed by atoms with Crippen LogP contribution in [0.1, 0.15) is 44.6 Å².